The van der Waals surface area contributed by atoms with E-state index < -0.39 is 0 Å². The first-order valence-corrected chi connectivity index (χ1v) is 11.8. The molecule has 1 fully saturated rings. The lowest BCUT2D eigenvalue weighted by atomic mass is 9.95. The van der Waals surface area contributed by atoms with Gasteiger partial charge in [-0.25, -0.2) is 9.97 Å². The van der Waals surface area contributed by atoms with Crippen LogP contribution >= 0.6 is 11.3 Å². The summed E-state index contributed by atoms with van der Waals surface area (Å²) in [6, 6.07) is 5.77. The lowest BCUT2D eigenvalue weighted by molar-refractivity contribution is -0.125. The lowest BCUT2D eigenvalue weighted by Gasteiger charge is -2.32. The molecule has 1 saturated heterocycles. The first-order valence-electron chi connectivity index (χ1n) is 11.0. The predicted octanol–water partition coefficient (Wildman–Crippen LogP) is 3.90. The molecular formula is C24H30N4O3S. The molecular weight excluding hydrogens is 424 g/mol. The fourth-order valence-electron chi connectivity index (χ4n) is 4.28. The van der Waals surface area contributed by atoms with E-state index >= 15 is 0 Å². The highest BCUT2D eigenvalue weighted by molar-refractivity contribution is 7.18. The van der Waals surface area contributed by atoms with Crippen LogP contribution in [0.5, 0.6) is 11.5 Å². The zero-order valence-corrected chi connectivity index (χ0v) is 19.9. The lowest BCUT2D eigenvalue weighted by Crippen LogP contribution is -2.41. The van der Waals surface area contributed by atoms with Crippen molar-refractivity contribution in [1.82, 2.24) is 15.3 Å². The fourth-order valence-corrected chi connectivity index (χ4v) is 5.27. The van der Waals surface area contributed by atoms with Crippen molar-refractivity contribution in [3.63, 3.8) is 0 Å². The molecule has 1 aliphatic rings. The molecule has 1 amide bonds. The summed E-state index contributed by atoms with van der Waals surface area (Å²) in [7, 11) is 3.28. The van der Waals surface area contributed by atoms with E-state index in [1.54, 1.807) is 31.9 Å². The Balaban J connectivity index is 1.32. The van der Waals surface area contributed by atoms with Gasteiger partial charge in [-0.2, -0.15) is 0 Å². The quantitative estimate of drug-likeness (QED) is 0.584. The van der Waals surface area contributed by atoms with Gasteiger partial charge in [0.2, 0.25) is 5.91 Å². The maximum atomic E-state index is 12.8. The largest absolute Gasteiger partial charge is 0.497 e. The number of methoxy groups -OCH3 is 2. The molecule has 3 heterocycles. The van der Waals surface area contributed by atoms with E-state index in [0.717, 1.165) is 59.0 Å². The third kappa shape index (κ3) is 4.50. The number of rotatable bonds is 7. The van der Waals surface area contributed by atoms with E-state index in [4.69, 9.17) is 9.47 Å². The standard InChI is InChI=1S/C24H30N4O3S/c1-15-16(2)32-24-21(15)22(26-14-27-24)28-11-8-18(9-12-28)23(29)25-10-7-17-5-6-19(30-3)13-20(17)31-4/h5-6,13-14,18H,7-12H2,1-4H3,(H,25,29). The molecule has 0 bridgehead atoms. The summed E-state index contributed by atoms with van der Waals surface area (Å²) in [5, 5.41) is 4.27. The number of fused-ring (bicyclic) bond motifs is 1. The van der Waals surface area contributed by atoms with E-state index in [1.165, 1.54) is 10.4 Å². The molecule has 0 atom stereocenters. The normalized spacial score (nSPS) is 14.6. The second-order valence-corrected chi connectivity index (χ2v) is 9.34. The molecule has 8 heteroatoms. The molecule has 1 aromatic carbocycles. The van der Waals surface area contributed by atoms with Crippen LogP contribution in [-0.4, -0.2) is 49.7 Å². The molecule has 7 nitrogen and oxygen atoms in total. The van der Waals surface area contributed by atoms with E-state index in [0.29, 0.717) is 13.0 Å². The number of thiophene rings is 1. The van der Waals surface area contributed by atoms with Crippen LogP contribution in [0.25, 0.3) is 10.2 Å². The number of nitrogens with zero attached hydrogens (tertiary/aromatic N) is 3. The van der Waals surface area contributed by atoms with Crippen molar-refractivity contribution >= 4 is 33.3 Å². The molecule has 32 heavy (non-hydrogen) atoms. The van der Waals surface area contributed by atoms with Crippen LogP contribution in [0, 0.1) is 19.8 Å². The van der Waals surface area contributed by atoms with Crippen LogP contribution in [0.4, 0.5) is 5.82 Å². The van der Waals surface area contributed by atoms with Gasteiger partial charge in [-0.1, -0.05) is 6.07 Å². The number of carbonyl (C=O) groups excluding carboxylic acids is 1. The van der Waals surface area contributed by atoms with Crippen LogP contribution in [0.3, 0.4) is 0 Å². The maximum absolute atomic E-state index is 12.8. The Morgan fingerprint density at radius 3 is 2.69 bits per heavy atom. The number of amides is 1. The highest BCUT2D eigenvalue weighted by atomic mass is 32.1. The van der Waals surface area contributed by atoms with Crippen molar-refractivity contribution in [3.8, 4) is 11.5 Å². The summed E-state index contributed by atoms with van der Waals surface area (Å²) >= 11 is 1.72. The second kappa shape index (κ2) is 9.73. The van der Waals surface area contributed by atoms with E-state index in [-0.39, 0.29) is 11.8 Å². The summed E-state index contributed by atoms with van der Waals surface area (Å²) in [4.78, 5) is 26.4. The van der Waals surface area contributed by atoms with Gasteiger partial charge in [0.25, 0.3) is 0 Å². The zero-order chi connectivity index (χ0) is 22.7. The number of hydrogen-bond donors (Lipinski definition) is 1. The number of nitrogens with one attached hydrogen (secondary N) is 1. The molecule has 2 aromatic heterocycles. The number of benzene rings is 1. The van der Waals surface area contributed by atoms with Crippen molar-refractivity contribution < 1.29 is 14.3 Å². The first-order chi connectivity index (χ1) is 15.5. The minimum atomic E-state index is 0.0339. The summed E-state index contributed by atoms with van der Waals surface area (Å²) < 4.78 is 10.7. The molecule has 4 rings (SSSR count). The van der Waals surface area contributed by atoms with Crippen molar-refractivity contribution in [3.05, 3.63) is 40.5 Å². The van der Waals surface area contributed by atoms with Gasteiger partial charge in [-0.3, -0.25) is 4.79 Å². The zero-order valence-electron chi connectivity index (χ0n) is 19.1. The van der Waals surface area contributed by atoms with Crippen molar-refractivity contribution in [2.24, 2.45) is 5.92 Å². The van der Waals surface area contributed by atoms with Crippen LogP contribution in [0.1, 0.15) is 28.8 Å². The smallest absolute Gasteiger partial charge is 0.223 e. The Labute approximate surface area is 192 Å². The molecule has 0 unspecified atom stereocenters. The molecule has 0 radical (unpaired) electrons. The SMILES string of the molecule is COc1ccc(CCNC(=O)C2CCN(c3ncnc4sc(C)c(C)c34)CC2)c(OC)c1. The number of hydrogen-bond acceptors (Lipinski definition) is 7. The van der Waals surface area contributed by atoms with Crippen molar-refractivity contribution in [1.29, 1.82) is 0 Å². The summed E-state index contributed by atoms with van der Waals surface area (Å²) in [5.41, 5.74) is 2.31. The molecule has 3 aromatic rings. The molecule has 1 aliphatic heterocycles. The highest BCUT2D eigenvalue weighted by Gasteiger charge is 2.27. The summed E-state index contributed by atoms with van der Waals surface area (Å²) in [6.07, 6.45) is 4.02. The van der Waals surface area contributed by atoms with Crippen LogP contribution in [-0.2, 0) is 11.2 Å². The number of aryl methyl sites for hydroxylation is 2. The maximum Gasteiger partial charge on any atom is 0.223 e. The van der Waals surface area contributed by atoms with Gasteiger partial charge in [-0.05, 0) is 50.3 Å². The third-order valence-electron chi connectivity index (χ3n) is 6.30. The average molecular weight is 455 g/mol. The fraction of sp³-hybridized carbons (Fsp3) is 0.458. The Bertz CT molecular complexity index is 1110. The van der Waals surface area contributed by atoms with Gasteiger partial charge in [0, 0.05) is 36.5 Å². The highest BCUT2D eigenvalue weighted by Crippen LogP contribution is 2.35. The molecule has 1 N–H and O–H groups in total. The monoisotopic (exact) mass is 454 g/mol. The topological polar surface area (TPSA) is 76.6 Å². The van der Waals surface area contributed by atoms with E-state index in [2.05, 4.69) is 34.0 Å². The summed E-state index contributed by atoms with van der Waals surface area (Å²) in [5.74, 6) is 2.71. The third-order valence-corrected chi connectivity index (χ3v) is 7.41. The van der Waals surface area contributed by atoms with Gasteiger partial charge in [0.1, 0.15) is 28.5 Å². The Morgan fingerprint density at radius 1 is 1.19 bits per heavy atom. The van der Waals surface area contributed by atoms with E-state index in [1.807, 2.05) is 18.2 Å². The first kappa shape index (κ1) is 22.3. The number of anilines is 1. The molecule has 0 aliphatic carbocycles. The van der Waals surface area contributed by atoms with Gasteiger partial charge in [0.15, 0.2) is 0 Å². The van der Waals surface area contributed by atoms with Crippen LogP contribution in [0.15, 0.2) is 24.5 Å². The Kier molecular flexibility index (Phi) is 6.79. The van der Waals surface area contributed by atoms with Crippen molar-refractivity contribution in [2.45, 2.75) is 33.1 Å². The second-order valence-electron chi connectivity index (χ2n) is 8.14. The van der Waals surface area contributed by atoms with Crippen LogP contribution < -0.4 is 19.7 Å². The number of carbonyl (C=O) groups is 1. The number of ether oxygens (including phenoxy) is 2. The van der Waals surface area contributed by atoms with Gasteiger partial charge in [-0.15, -0.1) is 11.3 Å². The molecule has 0 saturated carbocycles. The van der Waals surface area contributed by atoms with Gasteiger partial charge >= 0.3 is 0 Å². The number of aromatic nitrogens is 2. The van der Waals surface area contributed by atoms with Crippen LogP contribution in [0.2, 0.25) is 0 Å². The van der Waals surface area contributed by atoms with E-state index in [9.17, 15) is 4.79 Å². The van der Waals surface area contributed by atoms with Gasteiger partial charge in [0.05, 0.1) is 19.6 Å². The minimum absolute atomic E-state index is 0.0339. The van der Waals surface area contributed by atoms with Gasteiger partial charge < -0.3 is 19.7 Å². The minimum Gasteiger partial charge on any atom is -0.497 e. The summed E-state index contributed by atoms with van der Waals surface area (Å²) in [6.45, 7) is 6.50. The van der Waals surface area contributed by atoms with Crippen molar-refractivity contribution in [2.75, 3.05) is 38.8 Å². The Hall–Kier alpha value is -2.87. The predicted molar refractivity (Wildman–Crippen MR) is 128 cm³/mol. The molecule has 0 spiro atoms. The Morgan fingerprint density at radius 2 is 1.97 bits per heavy atom. The average Bonchev–Trinajstić information content (AvgIpc) is 3.12. The number of piperidine rings is 1. The molecule has 170 valence electrons.